The lowest BCUT2D eigenvalue weighted by molar-refractivity contribution is -0.125. The molecular formula is C21H19ClFN3OS. The number of halogens is 2. The van der Waals surface area contributed by atoms with Crippen LogP contribution < -0.4 is 0 Å². The Bertz CT molecular complexity index is 943. The zero-order valence-corrected chi connectivity index (χ0v) is 16.9. The molecule has 3 rings (SSSR count). The summed E-state index contributed by atoms with van der Waals surface area (Å²) in [4.78, 5) is 14.4. The first-order valence-electron chi connectivity index (χ1n) is 8.70. The van der Waals surface area contributed by atoms with Gasteiger partial charge >= 0.3 is 0 Å². The van der Waals surface area contributed by atoms with Gasteiger partial charge in [-0.25, -0.2) is 4.39 Å². The van der Waals surface area contributed by atoms with E-state index in [1.807, 2.05) is 24.3 Å². The molecule has 144 valence electrons. The minimum atomic E-state index is -0.320. The first kappa shape index (κ1) is 20.3. The number of nitrogens with zero attached hydrogens (tertiary/aromatic N) is 3. The van der Waals surface area contributed by atoms with Crippen LogP contribution in [0.1, 0.15) is 18.1 Å². The third-order valence-electron chi connectivity index (χ3n) is 4.24. The first-order valence-corrected chi connectivity index (χ1v) is 9.96. The van der Waals surface area contributed by atoms with Crippen molar-refractivity contribution in [1.29, 1.82) is 0 Å². The summed E-state index contributed by atoms with van der Waals surface area (Å²) >= 11 is 7.60. The Morgan fingerprint density at radius 2 is 2.00 bits per heavy atom. The Balaban J connectivity index is 1.82. The fraction of sp³-hybridized carbons (Fsp3) is 0.190. The van der Waals surface area contributed by atoms with Gasteiger partial charge in [0.25, 0.3) is 0 Å². The Labute approximate surface area is 172 Å². The van der Waals surface area contributed by atoms with Crippen LogP contribution in [0.5, 0.6) is 0 Å². The summed E-state index contributed by atoms with van der Waals surface area (Å²) in [5, 5.41) is 9.36. The number of thioether (sulfide) groups is 1. The first-order chi connectivity index (χ1) is 13.5. The lowest BCUT2D eigenvalue weighted by Crippen LogP contribution is -2.32. The molecule has 0 bridgehead atoms. The minimum Gasteiger partial charge on any atom is -0.285 e. The molecule has 0 saturated carbocycles. The van der Waals surface area contributed by atoms with Crippen LogP contribution in [0, 0.1) is 5.82 Å². The van der Waals surface area contributed by atoms with Crippen LogP contribution >= 0.6 is 23.4 Å². The molecule has 4 nitrogen and oxygen atoms in total. The number of amides is 1. The average Bonchev–Trinajstić information content (AvgIpc) is 2.98. The van der Waals surface area contributed by atoms with Gasteiger partial charge in [0, 0.05) is 11.6 Å². The van der Waals surface area contributed by atoms with Crippen LogP contribution in [-0.4, -0.2) is 33.5 Å². The lowest BCUT2D eigenvalue weighted by atomic mass is 10.1. The van der Waals surface area contributed by atoms with E-state index >= 15 is 0 Å². The molecule has 1 saturated heterocycles. The van der Waals surface area contributed by atoms with E-state index < -0.39 is 0 Å². The molecule has 1 aliphatic heterocycles. The minimum absolute atomic E-state index is 0.0433. The maximum atomic E-state index is 13.1. The molecule has 28 heavy (non-hydrogen) atoms. The van der Waals surface area contributed by atoms with E-state index in [-0.39, 0.29) is 17.0 Å². The summed E-state index contributed by atoms with van der Waals surface area (Å²) in [5.74, 6) is -0.349. The highest BCUT2D eigenvalue weighted by molar-refractivity contribution is 8.15. The van der Waals surface area contributed by atoms with E-state index in [0.717, 1.165) is 11.1 Å². The molecule has 1 aliphatic rings. The largest absolute Gasteiger partial charge is 0.285 e. The maximum absolute atomic E-state index is 13.1. The Morgan fingerprint density at radius 1 is 1.29 bits per heavy atom. The molecule has 0 N–H and O–H groups in total. The Morgan fingerprint density at radius 3 is 2.68 bits per heavy atom. The summed E-state index contributed by atoms with van der Waals surface area (Å²) in [6, 6.07) is 13.5. The predicted molar refractivity (Wildman–Crippen MR) is 114 cm³/mol. The second-order valence-corrected chi connectivity index (χ2v) is 7.79. The van der Waals surface area contributed by atoms with Gasteiger partial charge in [-0.2, -0.15) is 5.10 Å². The van der Waals surface area contributed by atoms with Crippen molar-refractivity contribution in [2.24, 2.45) is 10.2 Å². The van der Waals surface area contributed by atoms with Gasteiger partial charge in [-0.15, -0.1) is 11.7 Å². The van der Waals surface area contributed by atoms with E-state index in [0.29, 0.717) is 28.9 Å². The van der Waals surface area contributed by atoms with Gasteiger partial charge in [-0.1, -0.05) is 59.8 Å². The van der Waals surface area contributed by atoms with Crippen LogP contribution in [-0.2, 0) is 11.2 Å². The highest BCUT2D eigenvalue weighted by atomic mass is 35.5. The summed E-state index contributed by atoms with van der Waals surface area (Å²) in [6.45, 7) is 5.86. The summed E-state index contributed by atoms with van der Waals surface area (Å²) in [6.07, 6.45) is 2.17. The van der Waals surface area contributed by atoms with Crippen LogP contribution in [0.25, 0.3) is 0 Å². The Hall–Kier alpha value is -2.44. The second kappa shape index (κ2) is 9.17. The molecule has 1 atom stereocenters. The fourth-order valence-electron chi connectivity index (χ4n) is 2.74. The monoisotopic (exact) mass is 415 g/mol. The number of carbonyl (C=O) groups is 1. The van der Waals surface area contributed by atoms with Crippen molar-refractivity contribution < 1.29 is 9.18 Å². The third-order valence-corrected chi connectivity index (χ3v) is 5.78. The molecule has 1 heterocycles. The van der Waals surface area contributed by atoms with Gasteiger partial charge in [-0.05, 0) is 42.7 Å². The number of amidine groups is 1. The van der Waals surface area contributed by atoms with E-state index in [1.165, 1.54) is 23.9 Å². The van der Waals surface area contributed by atoms with Crippen molar-refractivity contribution >= 4 is 40.1 Å². The number of rotatable bonds is 6. The van der Waals surface area contributed by atoms with Gasteiger partial charge in [0.2, 0.25) is 5.91 Å². The fourth-order valence-corrected chi connectivity index (χ4v) is 4.08. The number of hydrogen-bond acceptors (Lipinski definition) is 4. The quantitative estimate of drug-likeness (QED) is 0.381. The number of carbonyl (C=O) groups excluding carboxylic acids is 1. The van der Waals surface area contributed by atoms with Gasteiger partial charge in [0.05, 0.1) is 11.0 Å². The van der Waals surface area contributed by atoms with E-state index in [4.69, 9.17) is 11.6 Å². The molecule has 2 aromatic carbocycles. The van der Waals surface area contributed by atoms with E-state index in [2.05, 4.69) is 16.8 Å². The SMILES string of the molecule is C=CCN1C(=O)[C@@H](Cc2ccccc2Cl)S/C1=N\N=C(\C)c1ccc(F)cc1. The van der Waals surface area contributed by atoms with Gasteiger partial charge in [-0.3, -0.25) is 9.69 Å². The maximum Gasteiger partial charge on any atom is 0.242 e. The molecule has 0 spiro atoms. The van der Waals surface area contributed by atoms with Crippen molar-refractivity contribution in [1.82, 2.24) is 4.90 Å². The molecule has 0 aliphatic carbocycles. The molecule has 7 heteroatoms. The Kier molecular flexibility index (Phi) is 6.65. The van der Waals surface area contributed by atoms with Crippen molar-refractivity contribution in [2.75, 3.05) is 6.54 Å². The van der Waals surface area contributed by atoms with Crippen LogP contribution in [0.3, 0.4) is 0 Å². The normalized spacial score (nSPS) is 18.8. The van der Waals surface area contributed by atoms with Crippen molar-refractivity contribution in [2.45, 2.75) is 18.6 Å². The number of benzene rings is 2. The van der Waals surface area contributed by atoms with Gasteiger partial charge in [0.15, 0.2) is 5.17 Å². The molecule has 1 amide bonds. The second-order valence-electron chi connectivity index (χ2n) is 6.21. The smallest absolute Gasteiger partial charge is 0.242 e. The highest BCUT2D eigenvalue weighted by Crippen LogP contribution is 2.31. The predicted octanol–water partition coefficient (Wildman–Crippen LogP) is 4.93. The van der Waals surface area contributed by atoms with Crippen molar-refractivity contribution in [3.8, 4) is 0 Å². The zero-order chi connectivity index (χ0) is 20.1. The van der Waals surface area contributed by atoms with E-state index in [9.17, 15) is 9.18 Å². The number of hydrogen-bond donors (Lipinski definition) is 0. The standard InChI is InChI=1S/C21H19ClFN3OS/c1-3-12-26-20(27)19(13-16-6-4-5-7-18(16)22)28-21(26)25-24-14(2)15-8-10-17(23)11-9-15/h3-11,19H,1,12-13H2,2H3/b24-14-,25-21-/t19-/m1/s1. The summed E-state index contributed by atoms with van der Waals surface area (Å²) < 4.78 is 13.1. The molecular weight excluding hydrogens is 397 g/mol. The van der Waals surface area contributed by atoms with E-state index in [1.54, 1.807) is 30.0 Å². The lowest BCUT2D eigenvalue weighted by Gasteiger charge is -2.13. The molecule has 0 unspecified atom stereocenters. The van der Waals surface area contributed by atoms with Crippen LogP contribution in [0.15, 0.2) is 71.4 Å². The summed E-state index contributed by atoms with van der Waals surface area (Å²) in [7, 11) is 0. The van der Waals surface area contributed by atoms with Gasteiger partial charge < -0.3 is 0 Å². The van der Waals surface area contributed by atoms with Crippen LogP contribution in [0.2, 0.25) is 5.02 Å². The topological polar surface area (TPSA) is 45.0 Å². The molecule has 1 fully saturated rings. The van der Waals surface area contributed by atoms with Crippen LogP contribution in [0.4, 0.5) is 4.39 Å². The zero-order valence-electron chi connectivity index (χ0n) is 15.3. The molecule has 2 aromatic rings. The van der Waals surface area contributed by atoms with Crippen molar-refractivity contribution in [3.63, 3.8) is 0 Å². The van der Waals surface area contributed by atoms with Crippen molar-refractivity contribution in [3.05, 3.63) is 83.2 Å². The third kappa shape index (κ3) is 4.69. The highest BCUT2D eigenvalue weighted by Gasteiger charge is 2.37. The molecule has 0 aromatic heterocycles. The van der Waals surface area contributed by atoms with Gasteiger partial charge in [0.1, 0.15) is 5.82 Å². The molecule has 0 radical (unpaired) electrons. The average molecular weight is 416 g/mol. The summed E-state index contributed by atoms with van der Waals surface area (Å²) in [5.41, 5.74) is 2.32.